The first-order valence-electron chi connectivity index (χ1n) is 9.75. The normalized spacial score (nSPS) is 45.5. The Morgan fingerprint density at radius 2 is 1.96 bits per heavy atom. The van der Waals surface area contributed by atoms with Gasteiger partial charge in [0.05, 0.1) is 25.3 Å². The number of nitrogens with two attached hydrogens (primary N) is 1. The molecule has 1 aliphatic carbocycles. The third kappa shape index (κ3) is 3.30. The maximum absolute atomic E-state index is 6.02. The minimum Gasteiger partial charge on any atom is -0.331 e. The molecule has 3 saturated heterocycles. The second kappa shape index (κ2) is 6.94. The lowest BCUT2D eigenvalue weighted by Gasteiger charge is -2.37. The van der Waals surface area contributed by atoms with E-state index in [1.807, 2.05) is 4.90 Å². The molecule has 4 fully saturated rings. The van der Waals surface area contributed by atoms with Crippen molar-refractivity contribution < 1.29 is 15.1 Å². The van der Waals surface area contributed by atoms with E-state index in [9.17, 15) is 0 Å². The fourth-order valence-electron chi connectivity index (χ4n) is 5.08. The van der Waals surface area contributed by atoms with Crippen molar-refractivity contribution in [3.05, 3.63) is 0 Å². The van der Waals surface area contributed by atoms with Gasteiger partial charge in [0.15, 0.2) is 6.23 Å². The van der Waals surface area contributed by atoms with Crippen LogP contribution in [0, 0.1) is 5.92 Å². The molecule has 4 rings (SSSR count). The van der Waals surface area contributed by atoms with Crippen LogP contribution in [0.15, 0.2) is 0 Å². The summed E-state index contributed by atoms with van der Waals surface area (Å²) in [5.74, 6) is 0.671. The number of piperidine rings is 1. The molecule has 6 atom stereocenters. The van der Waals surface area contributed by atoms with Crippen molar-refractivity contribution in [2.24, 2.45) is 5.92 Å². The Morgan fingerprint density at radius 1 is 1.09 bits per heavy atom. The van der Waals surface area contributed by atoms with Crippen LogP contribution in [0.1, 0.15) is 44.9 Å². The van der Waals surface area contributed by atoms with Gasteiger partial charge in [0.25, 0.3) is 0 Å². The second-order valence-corrected chi connectivity index (χ2v) is 8.34. The minimum atomic E-state index is 0.213. The van der Waals surface area contributed by atoms with Gasteiger partial charge in [-0.2, -0.15) is 5.48 Å². The van der Waals surface area contributed by atoms with Gasteiger partial charge in [-0.05, 0) is 39.8 Å². The van der Waals surface area contributed by atoms with Crippen LogP contribution in [-0.2, 0) is 4.84 Å². The molecule has 5 N–H and O–H groups in total. The molecule has 5 unspecified atom stereocenters. The number of hydrogen-bond acceptors (Lipinski definition) is 4. The SMILES string of the molecule is CN(C)C1CCC(C2NOC([C@H]3CCC[NH+]3C3CCC3)N2)C[NH2+]1. The molecule has 0 spiro atoms. The number of likely N-dealkylation sites (tertiary alicyclic amines) is 1. The highest BCUT2D eigenvalue weighted by Crippen LogP contribution is 2.22. The molecule has 0 amide bonds. The van der Waals surface area contributed by atoms with Gasteiger partial charge >= 0.3 is 0 Å². The Balaban J connectivity index is 1.29. The summed E-state index contributed by atoms with van der Waals surface area (Å²) in [5, 5.41) is 6.28. The molecule has 0 aromatic rings. The number of quaternary nitrogens is 2. The van der Waals surface area contributed by atoms with E-state index >= 15 is 0 Å². The molecule has 3 heterocycles. The van der Waals surface area contributed by atoms with E-state index in [0.29, 0.717) is 24.3 Å². The summed E-state index contributed by atoms with van der Waals surface area (Å²) in [6.07, 6.45) is 10.7. The lowest BCUT2D eigenvalue weighted by Crippen LogP contribution is -3.19. The number of nitrogens with zero attached hydrogens (tertiary/aromatic N) is 1. The molecule has 0 bridgehead atoms. The van der Waals surface area contributed by atoms with Crippen LogP contribution in [0.4, 0.5) is 0 Å². The molecule has 6 nitrogen and oxygen atoms in total. The maximum Gasteiger partial charge on any atom is 0.183 e. The summed E-state index contributed by atoms with van der Waals surface area (Å²) in [6.45, 7) is 2.54. The zero-order chi connectivity index (χ0) is 15.8. The van der Waals surface area contributed by atoms with Crippen molar-refractivity contribution in [3.63, 3.8) is 0 Å². The van der Waals surface area contributed by atoms with Gasteiger partial charge in [0.2, 0.25) is 0 Å². The van der Waals surface area contributed by atoms with E-state index in [0.717, 1.165) is 6.04 Å². The van der Waals surface area contributed by atoms with E-state index < -0.39 is 0 Å². The van der Waals surface area contributed by atoms with Crippen molar-refractivity contribution in [2.45, 2.75) is 75.6 Å². The molecule has 0 aromatic heterocycles. The molecule has 23 heavy (non-hydrogen) atoms. The summed E-state index contributed by atoms with van der Waals surface area (Å²) >= 11 is 0. The first-order chi connectivity index (χ1) is 11.2. The molecule has 1 saturated carbocycles. The molecule has 3 aliphatic heterocycles. The number of hydroxylamine groups is 1. The van der Waals surface area contributed by atoms with Crippen LogP contribution in [0.3, 0.4) is 0 Å². The molecule has 4 aliphatic rings. The molecular formula is C17H35N5O+2. The van der Waals surface area contributed by atoms with E-state index in [4.69, 9.17) is 4.84 Å². The second-order valence-electron chi connectivity index (χ2n) is 8.34. The highest BCUT2D eigenvalue weighted by Gasteiger charge is 2.46. The zero-order valence-corrected chi connectivity index (χ0v) is 14.8. The maximum atomic E-state index is 6.02. The largest absolute Gasteiger partial charge is 0.331 e. The smallest absolute Gasteiger partial charge is 0.183 e. The summed E-state index contributed by atoms with van der Waals surface area (Å²) in [7, 11) is 4.37. The molecule has 132 valence electrons. The Kier molecular flexibility index (Phi) is 4.90. The highest BCUT2D eigenvalue weighted by atomic mass is 16.7. The molecule has 0 radical (unpaired) electrons. The van der Waals surface area contributed by atoms with Crippen molar-refractivity contribution in [2.75, 3.05) is 27.2 Å². The fraction of sp³-hybridized carbons (Fsp3) is 1.00. The van der Waals surface area contributed by atoms with Crippen molar-refractivity contribution >= 4 is 0 Å². The summed E-state index contributed by atoms with van der Waals surface area (Å²) < 4.78 is 0. The Labute approximate surface area is 140 Å². The Hall–Kier alpha value is -0.240. The third-order valence-corrected chi connectivity index (χ3v) is 6.80. The first-order valence-corrected chi connectivity index (χ1v) is 9.75. The van der Waals surface area contributed by atoms with Crippen LogP contribution < -0.4 is 21.0 Å². The summed E-state index contributed by atoms with van der Waals surface area (Å²) in [6, 6.07) is 1.57. The van der Waals surface area contributed by atoms with Crippen LogP contribution in [0.2, 0.25) is 0 Å². The van der Waals surface area contributed by atoms with Crippen molar-refractivity contribution in [1.29, 1.82) is 0 Å². The van der Waals surface area contributed by atoms with Crippen molar-refractivity contribution in [3.8, 4) is 0 Å². The average molecular weight is 326 g/mol. The summed E-state index contributed by atoms with van der Waals surface area (Å²) in [5.41, 5.74) is 3.33. The lowest BCUT2D eigenvalue weighted by molar-refractivity contribution is -0.946. The number of nitrogens with one attached hydrogen (secondary N) is 3. The van der Waals surface area contributed by atoms with Crippen LogP contribution in [0.25, 0.3) is 0 Å². The van der Waals surface area contributed by atoms with Gasteiger partial charge in [-0.1, -0.05) is 0 Å². The highest BCUT2D eigenvalue weighted by molar-refractivity contribution is 4.85. The predicted octanol–water partition coefficient (Wildman–Crippen LogP) is -1.78. The molecule has 0 aromatic carbocycles. The fourth-order valence-corrected chi connectivity index (χ4v) is 5.08. The van der Waals surface area contributed by atoms with Gasteiger partial charge in [-0.25, -0.2) is 0 Å². The van der Waals surface area contributed by atoms with Gasteiger partial charge in [0.1, 0.15) is 12.2 Å². The average Bonchev–Trinajstić information content (AvgIpc) is 3.14. The van der Waals surface area contributed by atoms with Crippen LogP contribution >= 0.6 is 0 Å². The number of rotatable bonds is 4. The Bertz CT molecular complexity index is 394. The third-order valence-electron chi connectivity index (χ3n) is 6.80. The lowest BCUT2D eigenvalue weighted by atomic mass is 9.90. The quantitative estimate of drug-likeness (QED) is 0.494. The van der Waals surface area contributed by atoms with E-state index in [-0.39, 0.29) is 6.23 Å². The van der Waals surface area contributed by atoms with Crippen LogP contribution in [-0.4, -0.2) is 62.7 Å². The first kappa shape index (κ1) is 16.2. The standard InChI is InChI=1S/C17H33N5O/c1-21(2)15-9-8-12(11-18-15)16-19-17(23-20-16)14-7-4-10-22(14)13-5-3-6-13/h12-20H,3-11H2,1-2H3/p+2/t12?,14-,15?,16?,17?/m1/s1. The van der Waals surface area contributed by atoms with E-state index in [2.05, 4.69) is 35.1 Å². The van der Waals surface area contributed by atoms with Gasteiger partial charge < -0.3 is 10.2 Å². The van der Waals surface area contributed by atoms with E-state index in [1.54, 1.807) is 0 Å². The monoisotopic (exact) mass is 325 g/mol. The number of hydrogen-bond donors (Lipinski definition) is 4. The zero-order valence-electron chi connectivity index (χ0n) is 14.8. The van der Waals surface area contributed by atoms with Gasteiger partial charge in [0, 0.05) is 25.2 Å². The Morgan fingerprint density at radius 3 is 2.61 bits per heavy atom. The molecule has 6 heteroatoms. The molecular weight excluding hydrogens is 290 g/mol. The van der Waals surface area contributed by atoms with E-state index in [1.165, 1.54) is 58.0 Å². The van der Waals surface area contributed by atoms with Gasteiger partial charge in [-0.15, -0.1) is 0 Å². The summed E-state index contributed by atoms with van der Waals surface area (Å²) in [4.78, 5) is 10.2. The minimum absolute atomic E-state index is 0.213. The predicted molar refractivity (Wildman–Crippen MR) is 88.4 cm³/mol. The van der Waals surface area contributed by atoms with Crippen LogP contribution in [0.5, 0.6) is 0 Å². The van der Waals surface area contributed by atoms with Gasteiger partial charge in [-0.3, -0.25) is 15.1 Å². The topological polar surface area (TPSA) is 57.6 Å². The van der Waals surface area contributed by atoms with Crippen molar-refractivity contribution in [1.82, 2.24) is 15.7 Å².